The monoisotopic (exact) mass is 533 g/mol. The lowest BCUT2D eigenvalue weighted by atomic mass is 10.0. The molecule has 2 atom stereocenters. The number of carbonyl (C=O) groups is 1. The van der Waals surface area contributed by atoms with Crippen LogP contribution in [0.4, 0.5) is 0 Å². The molecular formula is C34H63NO3. The number of nitrogens with one attached hydrogen (secondary N) is 1. The Hall–Kier alpha value is -1.39. The van der Waals surface area contributed by atoms with Crippen LogP contribution < -0.4 is 5.32 Å². The van der Waals surface area contributed by atoms with Gasteiger partial charge < -0.3 is 15.5 Å². The van der Waals surface area contributed by atoms with Crippen molar-refractivity contribution < 1.29 is 15.0 Å². The average Bonchev–Trinajstić information content (AvgIpc) is 2.91. The molecule has 4 nitrogen and oxygen atoms in total. The van der Waals surface area contributed by atoms with Crippen LogP contribution in [-0.2, 0) is 4.79 Å². The maximum Gasteiger partial charge on any atom is 0.217 e. The van der Waals surface area contributed by atoms with Crippen molar-refractivity contribution in [3.05, 3.63) is 36.5 Å². The normalized spacial score (nSPS) is 13.7. The number of rotatable bonds is 28. The first kappa shape index (κ1) is 36.6. The maximum absolute atomic E-state index is 11.0. The lowest BCUT2D eigenvalue weighted by molar-refractivity contribution is -0.120. The predicted molar refractivity (Wildman–Crippen MR) is 165 cm³/mol. The minimum absolute atomic E-state index is 0.256. The summed E-state index contributed by atoms with van der Waals surface area (Å²) in [6.07, 6.45) is 41.1. The molecule has 0 aromatic carbocycles. The van der Waals surface area contributed by atoms with E-state index in [9.17, 15) is 15.0 Å². The van der Waals surface area contributed by atoms with Crippen LogP contribution in [0.3, 0.4) is 0 Å². The molecule has 0 bridgehead atoms. The van der Waals surface area contributed by atoms with E-state index < -0.39 is 12.1 Å². The van der Waals surface area contributed by atoms with Gasteiger partial charge in [-0.25, -0.2) is 0 Å². The molecule has 0 spiro atoms. The summed E-state index contributed by atoms with van der Waals surface area (Å²) in [5.74, 6) is -0.256. The summed E-state index contributed by atoms with van der Waals surface area (Å²) in [5.41, 5.74) is 0. The number of carbonyl (C=O) groups excluding carboxylic acids is 1. The Bertz CT molecular complexity index is 584. The van der Waals surface area contributed by atoms with Gasteiger partial charge >= 0.3 is 0 Å². The van der Waals surface area contributed by atoms with E-state index in [1.165, 1.54) is 122 Å². The largest absolute Gasteiger partial charge is 0.394 e. The van der Waals surface area contributed by atoms with E-state index in [0.29, 0.717) is 0 Å². The molecule has 0 saturated carbocycles. The zero-order valence-electron chi connectivity index (χ0n) is 25.2. The second-order valence-electron chi connectivity index (χ2n) is 11.0. The summed E-state index contributed by atoms with van der Waals surface area (Å²) in [4.78, 5) is 11.0. The van der Waals surface area contributed by atoms with Crippen molar-refractivity contribution in [2.24, 2.45) is 0 Å². The number of hydrogen-bond donors (Lipinski definition) is 3. The van der Waals surface area contributed by atoms with Gasteiger partial charge in [0, 0.05) is 6.92 Å². The third-order valence-corrected chi connectivity index (χ3v) is 7.14. The maximum atomic E-state index is 11.0. The third-order valence-electron chi connectivity index (χ3n) is 7.14. The fourth-order valence-electron chi connectivity index (χ4n) is 4.71. The molecule has 0 heterocycles. The molecule has 0 radical (unpaired) electrons. The minimum atomic E-state index is -0.864. The van der Waals surface area contributed by atoms with Gasteiger partial charge in [0.15, 0.2) is 0 Å². The van der Waals surface area contributed by atoms with Gasteiger partial charge in [-0.3, -0.25) is 4.79 Å². The second-order valence-corrected chi connectivity index (χ2v) is 11.0. The van der Waals surface area contributed by atoms with Crippen molar-refractivity contribution >= 4 is 5.91 Å². The summed E-state index contributed by atoms with van der Waals surface area (Å²) in [5, 5.41) is 21.7. The van der Waals surface area contributed by atoms with Crippen LogP contribution in [0.25, 0.3) is 0 Å². The Kier molecular flexibility index (Phi) is 29.1. The van der Waals surface area contributed by atoms with Crippen molar-refractivity contribution in [2.75, 3.05) is 6.61 Å². The van der Waals surface area contributed by atoms with Crippen LogP contribution in [0.5, 0.6) is 0 Å². The molecule has 0 aliphatic rings. The van der Waals surface area contributed by atoms with Gasteiger partial charge in [-0.1, -0.05) is 146 Å². The van der Waals surface area contributed by atoms with Crippen LogP contribution in [-0.4, -0.2) is 34.9 Å². The topological polar surface area (TPSA) is 69.6 Å². The van der Waals surface area contributed by atoms with Crippen molar-refractivity contribution in [2.45, 2.75) is 167 Å². The first-order valence-corrected chi connectivity index (χ1v) is 16.1. The third kappa shape index (κ3) is 27.6. The Labute approximate surface area is 236 Å². The molecule has 38 heavy (non-hydrogen) atoms. The van der Waals surface area contributed by atoms with Gasteiger partial charge in [-0.15, -0.1) is 0 Å². The van der Waals surface area contributed by atoms with Gasteiger partial charge in [0.05, 0.1) is 18.8 Å². The fraction of sp³-hybridized carbons (Fsp3) is 0.794. The lowest BCUT2D eigenvalue weighted by Gasteiger charge is -2.18. The molecule has 1 amide bonds. The fourth-order valence-corrected chi connectivity index (χ4v) is 4.71. The van der Waals surface area contributed by atoms with Crippen LogP contribution in [0.1, 0.15) is 155 Å². The number of unbranched alkanes of at least 4 members (excludes halogenated alkanes) is 19. The molecule has 0 aliphatic carbocycles. The van der Waals surface area contributed by atoms with Crippen LogP contribution in [0.2, 0.25) is 0 Å². The second kappa shape index (κ2) is 30.2. The number of aliphatic hydroxyl groups excluding tert-OH is 2. The zero-order valence-corrected chi connectivity index (χ0v) is 25.2. The van der Waals surface area contributed by atoms with Crippen LogP contribution in [0.15, 0.2) is 36.5 Å². The van der Waals surface area contributed by atoms with E-state index in [1.54, 1.807) is 6.08 Å². The highest BCUT2D eigenvalue weighted by molar-refractivity contribution is 5.73. The number of aliphatic hydroxyl groups is 2. The summed E-state index contributed by atoms with van der Waals surface area (Å²) >= 11 is 0. The lowest BCUT2D eigenvalue weighted by Crippen LogP contribution is -2.44. The van der Waals surface area contributed by atoms with E-state index >= 15 is 0 Å². The number of allylic oxidation sites excluding steroid dienone is 5. The van der Waals surface area contributed by atoms with Crippen LogP contribution in [0, 0.1) is 0 Å². The highest BCUT2D eigenvalue weighted by Gasteiger charge is 2.15. The van der Waals surface area contributed by atoms with Gasteiger partial charge in [0.1, 0.15) is 0 Å². The van der Waals surface area contributed by atoms with Crippen molar-refractivity contribution in [3.63, 3.8) is 0 Å². The molecule has 2 unspecified atom stereocenters. The van der Waals surface area contributed by atoms with Crippen molar-refractivity contribution in [3.8, 4) is 0 Å². The van der Waals surface area contributed by atoms with E-state index in [0.717, 1.165) is 25.7 Å². The van der Waals surface area contributed by atoms with E-state index in [4.69, 9.17) is 0 Å². The van der Waals surface area contributed by atoms with E-state index in [2.05, 4.69) is 36.5 Å². The Morgan fingerprint density at radius 2 is 0.974 bits per heavy atom. The highest BCUT2D eigenvalue weighted by atomic mass is 16.3. The van der Waals surface area contributed by atoms with E-state index in [-0.39, 0.29) is 12.5 Å². The van der Waals surface area contributed by atoms with Gasteiger partial charge in [0.2, 0.25) is 5.91 Å². The van der Waals surface area contributed by atoms with Gasteiger partial charge in [0.25, 0.3) is 0 Å². The molecule has 0 aromatic rings. The van der Waals surface area contributed by atoms with E-state index in [1.807, 2.05) is 6.08 Å². The summed E-state index contributed by atoms with van der Waals surface area (Å²) in [6.45, 7) is 3.39. The molecule has 4 heteroatoms. The van der Waals surface area contributed by atoms with Crippen molar-refractivity contribution in [1.29, 1.82) is 0 Å². The molecule has 0 saturated heterocycles. The summed E-state index contributed by atoms with van der Waals surface area (Å²) < 4.78 is 0. The first-order chi connectivity index (χ1) is 18.6. The smallest absolute Gasteiger partial charge is 0.217 e. The van der Waals surface area contributed by atoms with Crippen molar-refractivity contribution in [1.82, 2.24) is 5.32 Å². The Balaban J connectivity index is 3.37. The molecule has 3 N–H and O–H groups in total. The Morgan fingerprint density at radius 1 is 0.605 bits per heavy atom. The zero-order chi connectivity index (χ0) is 27.9. The van der Waals surface area contributed by atoms with Crippen LogP contribution >= 0.6 is 0 Å². The molecule has 0 aliphatic heterocycles. The average molecular weight is 534 g/mol. The molecule has 0 fully saturated rings. The standard InChI is InChI=1S/C34H63NO3/c1-3-4-5-6-7-8-9-10-11-12-13-14-15-16-17-18-19-20-21-22-23-24-25-26-27-28-29-30-34(38)33(31-36)35-32(2)37/h21-22,25-26,29-30,33-34,36,38H,3-20,23-24,27-28,31H2,1-2H3,(H,35,37)/b22-21+,26-25+,30-29+. The molecular weight excluding hydrogens is 470 g/mol. The molecule has 0 rings (SSSR count). The Morgan fingerprint density at radius 3 is 1.37 bits per heavy atom. The number of hydrogen-bond acceptors (Lipinski definition) is 3. The quantitative estimate of drug-likeness (QED) is 0.0693. The highest BCUT2D eigenvalue weighted by Crippen LogP contribution is 2.14. The number of amides is 1. The predicted octanol–water partition coefficient (Wildman–Crippen LogP) is 9.12. The summed E-state index contributed by atoms with van der Waals surface area (Å²) in [6, 6.07) is -0.643. The van der Waals surface area contributed by atoms with Gasteiger partial charge in [-0.2, -0.15) is 0 Å². The molecule has 222 valence electrons. The molecule has 0 aromatic heterocycles. The summed E-state index contributed by atoms with van der Waals surface area (Å²) in [7, 11) is 0. The first-order valence-electron chi connectivity index (χ1n) is 16.1. The SMILES string of the molecule is CCCCCCCCCCCCCCCCCCC/C=C/CC/C=C/CC/C=C/C(O)C(CO)NC(C)=O. The van der Waals surface area contributed by atoms with Gasteiger partial charge in [-0.05, 0) is 38.5 Å². The minimum Gasteiger partial charge on any atom is -0.394 e.